The lowest BCUT2D eigenvalue weighted by atomic mass is 10.0. The second-order valence-electron chi connectivity index (χ2n) is 9.60. The van der Waals surface area contributed by atoms with E-state index >= 15 is 4.39 Å². The molecule has 13 heteroatoms. The van der Waals surface area contributed by atoms with Crippen molar-refractivity contribution in [3.8, 4) is 11.3 Å². The number of anilines is 3. The molecule has 5 heterocycles. The summed E-state index contributed by atoms with van der Waals surface area (Å²) in [4.78, 5) is 17.1. The Hall–Kier alpha value is -4.06. The molecular weight excluding hydrogens is 497 g/mol. The zero-order chi connectivity index (χ0) is 25.9. The molecule has 0 bridgehead atoms. The topological polar surface area (TPSA) is 107 Å². The van der Waals surface area contributed by atoms with E-state index in [-0.39, 0.29) is 0 Å². The van der Waals surface area contributed by atoms with Crippen molar-refractivity contribution in [3.05, 3.63) is 53.3 Å². The number of fused-ring (bicyclic) bond motifs is 3. The second kappa shape index (κ2) is 8.51. The van der Waals surface area contributed by atoms with Gasteiger partial charge in [-0.05, 0) is 32.4 Å². The maximum atomic E-state index is 15.2. The zero-order valence-electron chi connectivity index (χ0n) is 20.8. The van der Waals surface area contributed by atoms with Crippen LogP contribution < -0.4 is 10.2 Å². The maximum absolute atomic E-state index is 15.2. The average molecular weight is 522 g/mol. The smallest absolute Gasteiger partial charge is 0.228 e. The summed E-state index contributed by atoms with van der Waals surface area (Å²) in [7, 11) is 3.78. The Bertz CT molecular complexity index is 1620. The summed E-state index contributed by atoms with van der Waals surface area (Å²) in [6.45, 7) is 5.62. The highest BCUT2D eigenvalue weighted by Gasteiger charge is 2.29. The first kappa shape index (κ1) is 23.3. The minimum Gasteiger partial charge on any atom is -0.345 e. The van der Waals surface area contributed by atoms with Gasteiger partial charge in [-0.15, -0.1) is 0 Å². The summed E-state index contributed by atoms with van der Waals surface area (Å²) < 4.78 is 18.9. The third-order valence-corrected chi connectivity index (χ3v) is 6.96. The number of aryl methyl sites for hydroxylation is 2. The number of nitrogens with one attached hydrogen (secondary N) is 1. The van der Waals surface area contributed by atoms with Gasteiger partial charge < -0.3 is 14.8 Å². The molecule has 1 aromatic carbocycles. The molecule has 1 aliphatic heterocycles. The maximum Gasteiger partial charge on any atom is 0.228 e. The highest BCUT2D eigenvalue weighted by Crippen LogP contribution is 2.34. The van der Waals surface area contributed by atoms with Crippen LogP contribution in [0.1, 0.15) is 26.0 Å². The first-order valence-electron chi connectivity index (χ1n) is 11.8. The van der Waals surface area contributed by atoms with E-state index in [0.29, 0.717) is 39.1 Å². The standard InChI is InChI=1S/C24H25ClFN11/c1-24(2,37-28-6-7-29-37)18-12-19(35(4)33-18)30-22-27-13-15(25)20(31-22)14-10-16(26)21-17(11-14)36-9-5-8-34(3)23(36)32-21/h6-7,10-13H,5,8-9H2,1-4H3,(H,27,30,31). The van der Waals surface area contributed by atoms with E-state index in [0.717, 1.165) is 31.2 Å². The molecule has 0 spiro atoms. The van der Waals surface area contributed by atoms with Crippen molar-refractivity contribution in [1.82, 2.24) is 44.3 Å². The van der Waals surface area contributed by atoms with E-state index in [2.05, 4.69) is 35.6 Å². The molecule has 190 valence electrons. The molecule has 1 N–H and O–H groups in total. The monoisotopic (exact) mass is 521 g/mol. The number of rotatable bonds is 5. The molecule has 1 aliphatic rings. The fourth-order valence-corrected chi connectivity index (χ4v) is 4.82. The SMILES string of the molecule is CN1CCCn2c1nc1c(F)cc(-c3nc(Nc4cc(C(C)(C)n5nccn5)nn4C)ncc3Cl)cc12. The van der Waals surface area contributed by atoms with Crippen LogP contribution in [0.4, 0.5) is 22.1 Å². The van der Waals surface area contributed by atoms with Crippen LogP contribution in [0.25, 0.3) is 22.3 Å². The molecule has 0 saturated heterocycles. The zero-order valence-corrected chi connectivity index (χ0v) is 21.6. The lowest BCUT2D eigenvalue weighted by molar-refractivity contribution is 0.332. The summed E-state index contributed by atoms with van der Waals surface area (Å²) in [5, 5.41) is 16.7. The average Bonchev–Trinajstić information content (AvgIpc) is 3.61. The first-order chi connectivity index (χ1) is 17.7. The number of nitrogens with zero attached hydrogens (tertiary/aromatic N) is 10. The van der Waals surface area contributed by atoms with Gasteiger partial charge in [0.15, 0.2) is 5.82 Å². The third-order valence-electron chi connectivity index (χ3n) is 6.69. The predicted octanol–water partition coefficient (Wildman–Crippen LogP) is 3.98. The molecule has 0 unspecified atom stereocenters. The van der Waals surface area contributed by atoms with E-state index in [9.17, 15) is 0 Å². The number of imidazole rings is 1. The van der Waals surface area contributed by atoms with Gasteiger partial charge in [0.05, 0.1) is 40.5 Å². The Morgan fingerprint density at radius 3 is 2.62 bits per heavy atom. The normalized spacial score (nSPS) is 13.8. The van der Waals surface area contributed by atoms with Gasteiger partial charge in [0.2, 0.25) is 11.9 Å². The third kappa shape index (κ3) is 3.88. The molecular formula is C24H25ClFN11. The molecule has 0 saturated carbocycles. The predicted molar refractivity (Wildman–Crippen MR) is 139 cm³/mol. The fourth-order valence-electron chi connectivity index (χ4n) is 4.62. The summed E-state index contributed by atoms with van der Waals surface area (Å²) in [6, 6.07) is 5.19. The van der Waals surface area contributed by atoms with E-state index in [1.165, 1.54) is 12.3 Å². The van der Waals surface area contributed by atoms with Gasteiger partial charge in [0.1, 0.15) is 16.9 Å². The van der Waals surface area contributed by atoms with Crippen molar-refractivity contribution in [1.29, 1.82) is 0 Å². The Morgan fingerprint density at radius 2 is 1.84 bits per heavy atom. The Balaban J connectivity index is 1.36. The number of hydrogen-bond donors (Lipinski definition) is 1. The van der Waals surface area contributed by atoms with E-state index in [1.807, 2.05) is 49.5 Å². The molecule has 4 aromatic heterocycles. The van der Waals surface area contributed by atoms with Crippen molar-refractivity contribution < 1.29 is 4.39 Å². The highest BCUT2D eigenvalue weighted by atomic mass is 35.5. The molecule has 0 aliphatic carbocycles. The van der Waals surface area contributed by atoms with Gasteiger partial charge in [-0.25, -0.2) is 19.3 Å². The van der Waals surface area contributed by atoms with Crippen LogP contribution in [-0.2, 0) is 19.1 Å². The molecule has 5 aromatic rings. The van der Waals surface area contributed by atoms with Gasteiger partial charge >= 0.3 is 0 Å². The van der Waals surface area contributed by atoms with Crippen LogP contribution in [0.2, 0.25) is 5.02 Å². The molecule has 6 rings (SSSR count). The Labute approximate surface area is 216 Å². The minimum atomic E-state index is -0.571. The summed E-state index contributed by atoms with van der Waals surface area (Å²) in [5.74, 6) is 1.31. The molecule has 0 fully saturated rings. The molecule has 11 nitrogen and oxygen atoms in total. The first-order valence-corrected chi connectivity index (χ1v) is 12.2. The van der Waals surface area contributed by atoms with Crippen LogP contribution in [0.3, 0.4) is 0 Å². The highest BCUT2D eigenvalue weighted by molar-refractivity contribution is 6.33. The number of aromatic nitrogens is 9. The van der Waals surface area contributed by atoms with Crippen LogP contribution in [0.15, 0.2) is 36.8 Å². The van der Waals surface area contributed by atoms with Gasteiger partial charge in [-0.2, -0.15) is 20.1 Å². The van der Waals surface area contributed by atoms with Crippen molar-refractivity contribution in [2.24, 2.45) is 7.05 Å². The van der Waals surface area contributed by atoms with Crippen LogP contribution >= 0.6 is 11.6 Å². The minimum absolute atomic E-state index is 0.305. The quantitative estimate of drug-likeness (QED) is 0.370. The Kier molecular flexibility index (Phi) is 5.37. The fraction of sp³-hybridized carbons (Fsp3) is 0.333. The van der Waals surface area contributed by atoms with Crippen LogP contribution in [0.5, 0.6) is 0 Å². The molecule has 0 amide bonds. The lowest BCUT2D eigenvalue weighted by Gasteiger charge is -2.25. The van der Waals surface area contributed by atoms with Crippen molar-refractivity contribution >= 4 is 40.3 Å². The molecule has 0 atom stereocenters. The van der Waals surface area contributed by atoms with Gasteiger partial charge in [0.25, 0.3) is 0 Å². The molecule has 0 radical (unpaired) electrons. The van der Waals surface area contributed by atoms with E-state index < -0.39 is 11.4 Å². The summed E-state index contributed by atoms with van der Waals surface area (Å²) in [6.07, 6.45) is 5.72. The van der Waals surface area contributed by atoms with Crippen molar-refractivity contribution in [2.75, 3.05) is 23.8 Å². The molecule has 37 heavy (non-hydrogen) atoms. The summed E-state index contributed by atoms with van der Waals surface area (Å²) in [5.41, 5.74) is 2.21. The number of benzene rings is 1. The van der Waals surface area contributed by atoms with Crippen LogP contribution in [-0.4, -0.2) is 57.9 Å². The van der Waals surface area contributed by atoms with Gasteiger partial charge in [-0.3, -0.25) is 4.68 Å². The lowest BCUT2D eigenvalue weighted by Crippen LogP contribution is -2.30. The van der Waals surface area contributed by atoms with Gasteiger partial charge in [-0.1, -0.05) is 11.6 Å². The second-order valence-corrected chi connectivity index (χ2v) is 10.0. The van der Waals surface area contributed by atoms with E-state index in [1.54, 1.807) is 21.9 Å². The van der Waals surface area contributed by atoms with Crippen molar-refractivity contribution in [3.63, 3.8) is 0 Å². The summed E-state index contributed by atoms with van der Waals surface area (Å²) >= 11 is 6.49. The van der Waals surface area contributed by atoms with Crippen LogP contribution in [0, 0.1) is 5.82 Å². The number of hydrogen-bond acceptors (Lipinski definition) is 8. The van der Waals surface area contributed by atoms with E-state index in [4.69, 9.17) is 11.6 Å². The number of halogens is 2. The largest absolute Gasteiger partial charge is 0.345 e. The Morgan fingerprint density at radius 1 is 1.05 bits per heavy atom. The van der Waals surface area contributed by atoms with Gasteiger partial charge in [0, 0.05) is 38.8 Å². The van der Waals surface area contributed by atoms with Crippen molar-refractivity contribution in [2.45, 2.75) is 32.4 Å².